The molecule has 31 heavy (non-hydrogen) atoms. The Morgan fingerprint density at radius 3 is 2.29 bits per heavy atom. The topological polar surface area (TPSA) is 102 Å². The third-order valence-corrected chi connectivity index (χ3v) is 5.33. The average molecular weight is 439 g/mol. The fraction of sp³-hybridized carbons (Fsp3) is 0.667. The Kier molecular flexibility index (Phi) is 12.7. The van der Waals surface area contributed by atoms with E-state index in [0.717, 1.165) is 31.2 Å². The smallest absolute Gasteiger partial charge is 0.302 e. The van der Waals surface area contributed by atoms with E-state index in [2.05, 4.69) is 6.92 Å². The second-order valence-electron chi connectivity index (χ2n) is 7.93. The zero-order valence-corrected chi connectivity index (χ0v) is 19.3. The molecule has 3 unspecified atom stereocenters. The van der Waals surface area contributed by atoms with E-state index in [9.17, 15) is 19.8 Å². The molecule has 1 aromatic carbocycles. The van der Waals surface area contributed by atoms with Gasteiger partial charge in [0.15, 0.2) is 11.5 Å². The number of benzene rings is 1. The highest BCUT2D eigenvalue weighted by atomic mass is 16.6. The van der Waals surface area contributed by atoms with Gasteiger partial charge in [-0.2, -0.15) is 0 Å². The summed E-state index contributed by atoms with van der Waals surface area (Å²) in [5.74, 6) is -0.179. The molecule has 0 spiro atoms. The summed E-state index contributed by atoms with van der Waals surface area (Å²) >= 11 is 0. The van der Waals surface area contributed by atoms with Gasteiger partial charge in [-0.1, -0.05) is 25.8 Å². The summed E-state index contributed by atoms with van der Waals surface area (Å²) in [5, 5.41) is 19.0. The standard InChI is InChI=1S/C24H38O7/c1-5-6-8-20(9-7-14-25)23(31-18(3)27)16-21(30-17(2)26)12-10-19-11-13-22(28)24(15-19)29-4/h11,13,15,20-21,23,25,28H,5-10,12,14,16H2,1-4H3. The number of carbonyl (C=O) groups excluding carboxylic acids is 2. The lowest BCUT2D eigenvalue weighted by atomic mass is 9.87. The predicted molar refractivity (Wildman–Crippen MR) is 118 cm³/mol. The number of hydrogen-bond donors (Lipinski definition) is 2. The maximum Gasteiger partial charge on any atom is 0.302 e. The second kappa shape index (κ2) is 14.7. The Morgan fingerprint density at radius 2 is 1.71 bits per heavy atom. The van der Waals surface area contributed by atoms with Crippen molar-refractivity contribution in [1.82, 2.24) is 0 Å². The van der Waals surface area contributed by atoms with E-state index in [-0.39, 0.29) is 36.3 Å². The van der Waals surface area contributed by atoms with Crippen LogP contribution in [-0.4, -0.2) is 48.1 Å². The molecule has 1 aromatic rings. The molecule has 0 aliphatic carbocycles. The summed E-state index contributed by atoms with van der Waals surface area (Å²) in [5.41, 5.74) is 0.943. The number of aliphatic hydroxyl groups excluding tert-OH is 1. The third-order valence-electron chi connectivity index (χ3n) is 5.33. The minimum atomic E-state index is -0.417. The van der Waals surface area contributed by atoms with Gasteiger partial charge in [-0.25, -0.2) is 0 Å². The lowest BCUT2D eigenvalue weighted by molar-refractivity contribution is -0.156. The molecule has 7 nitrogen and oxygen atoms in total. The van der Waals surface area contributed by atoms with Crippen LogP contribution < -0.4 is 4.74 Å². The summed E-state index contributed by atoms with van der Waals surface area (Å²) in [6, 6.07) is 5.14. The Bertz CT molecular complexity index is 666. The molecule has 7 heteroatoms. The van der Waals surface area contributed by atoms with Crippen molar-refractivity contribution in [3.63, 3.8) is 0 Å². The first kappa shape index (κ1) is 26.8. The predicted octanol–water partition coefficient (Wildman–Crippen LogP) is 4.17. The quantitative estimate of drug-likeness (QED) is 0.396. The number of phenolic OH excluding ortho intramolecular Hbond substituents is 1. The highest BCUT2D eigenvalue weighted by Crippen LogP contribution is 2.29. The number of phenols is 1. The van der Waals surface area contributed by atoms with E-state index < -0.39 is 6.10 Å². The normalized spacial score (nSPS) is 13.8. The number of unbranched alkanes of at least 4 members (excludes halogenated alkanes) is 1. The third kappa shape index (κ3) is 10.5. The van der Waals surface area contributed by atoms with E-state index in [1.807, 2.05) is 0 Å². The van der Waals surface area contributed by atoms with Gasteiger partial charge < -0.3 is 24.4 Å². The van der Waals surface area contributed by atoms with Crippen LogP contribution in [0.1, 0.15) is 71.3 Å². The van der Waals surface area contributed by atoms with Gasteiger partial charge in [0.2, 0.25) is 0 Å². The maximum absolute atomic E-state index is 11.8. The highest BCUT2D eigenvalue weighted by Gasteiger charge is 2.28. The number of aliphatic hydroxyl groups is 1. The number of esters is 2. The van der Waals surface area contributed by atoms with Crippen molar-refractivity contribution in [2.24, 2.45) is 5.92 Å². The fourth-order valence-electron chi connectivity index (χ4n) is 3.81. The molecule has 0 amide bonds. The lowest BCUT2D eigenvalue weighted by Gasteiger charge is -2.30. The molecule has 0 fully saturated rings. The summed E-state index contributed by atoms with van der Waals surface area (Å²) < 4.78 is 16.4. The number of ether oxygens (including phenoxy) is 3. The second-order valence-corrected chi connectivity index (χ2v) is 7.93. The molecule has 3 atom stereocenters. The molecule has 0 radical (unpaired) electrons. The van der Waals surface area contributed by atoms with Gasteiger partial charge in [0.1, 0.15) is 12.2 Å². The first-order valence-corrected chi connectivity index (χ1v) is 11.1. The molecule has 0 aliphatic heterocycles. The number of aromatic hydroxyl groups is 1. The van der Waals surface area contributed by atoms with Gasteiger partial charge in [-0.15, -0.1) is 0 Å². The van der Waals surface area contributed by atoms with Gasteiger partial charge in [-0.3, -0.25) is 9.59 Å². The van der Waals surface area contributed by atoms with Crippen LogP contribution in [0.4, 0.5) is 0 Å². The van der Waals surface area contributed by atoms with Crippen LogP contribution in [0.5, 0.6) is 11.5 Å². The fourth-order valence-corrected chi connectivity index (χ4v) is 3.81. The monoisotopic (exact) mass is 438 g/mol. The molecular formula is C24H38O7. The molecule has 1 rings (SSSR count). The minimum Gasteiger partial charge on any atom is -0.504 e. The van der Waals surface area contributed by atoms with Crippen molar-refractivity contribution < 1.29 is 34.0 Å². The molecule has 0 saturated heterocycles. The maximum atomic E-state index is 11.8. The molecule has 0 aromatic heterocycles. The summed E-state index contributed by atoms with van der Waals surface area (Å²) in [6.07, 6.45) is 5.06. The Morgan fingerprint density at radius 1 is 1.03 bits per heavy atom. The Hall–Kier alpha value is -2.28. The van der Waals surface area contributed by atoms with Crippen molar-refractivity contribution in [3.8, 4) is 11.5 Å². The van der Waals surface area contributed by atoms with Crippen LogP contribution >= 0.6 is 0 Å². The first-order valence-electron chi connectivity index (χ1n) is 11.1. The molecule has 0 heterocycles. The Balaban J connectivity index is 2.95. The largest absolute Gasteiger partial charge is 0.504 e. The molecule has 0 aliphatic rings. The van der Waals surface area contributed by atoms with Crippen LogP contribution in [0.15, 0.2) is 18.2 Å². The number of rotatable bonds is 15. The van der Waals surface area contributed by atoms with E-state index in [4.69, 9.17) is 14.2 Å². The van der Waals surface area contributed by atoms with Crippen LogP contribution in [0.25, 0.3) is 0 Å². The number of hydrogen-bond acceptors (Lipinski definition) is 7. The van der Waals surface area contributed by atoms with Gasteiger partial charge >= 0.3 is 11.9 Å². The SMILES string of the molecule is CCCCC(CCCO)C(CC(CCc1ccc(O)c(OC)c1)OC(C)=O)OC(C)=O. The van der Waals surface area contributed by atoms with E-state index in [1.165, 1.54) is 21.0 Å². The molecule has 0 saturated carbocycles. The van der Waals surface area contributed by atoms with Crippen molar-refractivity contribution in [2.75, 3.05) is 13.7 Å². The van der Waals surface area contributed by atoms with Crippen molar-refractivity contribution in [2.45, 2.75) is 84.3 Å². The van der Waals surface area contributed by atoms with Crippen LogP contribution in [0.3, 0.4) is 0 Å². The molecular weight excluding hydrogens is 400 g/mol. The summed E-state index contributed by atoms with van der Waals surface area (Å²) in [4.78, 5) is 23.5. The number of carbonyl (C=O) groups is 2. The van der Waals surface area contributed by atoms with Gasteiger partial charge in [0.05, 0.1) is 7.11 Å². The lowest BCUT2D eigenvalue weighted by Crippen LogP contribution is -2.32. The van der Waals surface area contributed by atoms with E-state index >= 15 is 0 Å². The summed E-state index contributed by atoms with van der Waals surface area (Å²) in [6.45, 7) is 4.96. The van der Waals surface area contributed by atoms with Gasteiger partial charge in [-0.05, 0) is 55.7 Å². The van der Waals surface area contributed by atoms with Crippen molar-refractivity contribution in [3.05, 3.63) is 23.8 Å². The zero-order valence-electron chi connectivity index (χ0n) is 19.3. The van der Waals surface area contributed by atoms with Crippen LogP contribution in [-0.2, 0) is 25.5 Å². The van der Waals surface area contributed by atoms with Crippen molar-refractivity contribution >= 4 is 11.9 Å². The van der Waals surface area contributed by atoms with Gasteiger partial charge in [0.25, 0.3) is 0 Å². The molecule has 2 N–H and O–H groups in total. The van der Waals surface area contributed by atoms with Crippen LogP contribution in [0.2, 0.25) is 0 Å². The molecule has 176 valence electrons. The van der Waals surface area contributed by atoms with E-state index in [0.29, 0.717) is 31.4 Å². The average Bonchev–Trinajstić information content (AvgIpc) is 2.71. The zero-order chi connectivity index (χ0) is 23.2. The van der Waals surface area contributed by atoms with Crippen LogP contribution in [0, 0.1) is 5.92 Å². The van der Waals surface area contributed by atoms with Gasteiger partial charge in [0, 0.05) is 26.9 Å². The number of methoxy groups -OCH3 is 1. The first-order chi connectivity index (χ1) is 14.8. The van der Waals surface area contributed by atoms with E-state index in [1.54, 1.807) is 18.2 Å². The molecule has 0 bridgehead atoms. The number of aryl methyl sites for hydroxylation is 1. The summed E-state index contributed by atoms with van der Waals surface area (Å²) in [7, 11) is 1.49. The van der Waals surface area contributed by atoms with Crippen molar-refractivity contribution in [1.29, 1.82) is 0 Å². The highest BCUT2D eigenvalue weighted by molar-refractivity contribution is 5.66. The minimum absolute atomic E-state index is 0.0698. The Labute approximate surface area is 185 Å².